The normalized spacial score (nSPS) is 18.2. The molecule has 0 aliphatic carbocycles. The second-order valence-electron chi connectivity index (χ2n) is 6.58. The van der Waals surface area contributed by atoms with Gasteiger partial charge < -0.3 is 16.0 Å². The van der Waals surface area contributed by atoms with E-state index in [-0.39, 0.29) is 18.2 Å². The molecular weight excluding hydrogens is 336 g/mol. The predicted molar refractivity (Wildman–Crippen MR) is 93.9 cm³/mol. The maximum absolute atomic E-state index is 12.5. The molecule has 0 saturated carbocycles. The highest BCUT2D eigenvalue weighted by Crippen LogP contribution is 2.07. The minimum absolute atomic E-state index is 0.165. The topological polar surface area (TPSA) is 117 Å². The van der Waals surface area contributed by atoms with Gasteiger partial charge in [0.05, 0.1) is 6.04 Å². The number of nitrogens with one attached hydrogen (secondary N) is 3. The fourth-order valence-corrected chi connectivity index (χ4v) is 2.67. The molecule has 3 amide bonds. The predicted octanol–water partition coefficient (Wildman–Crippen LogP) is -0.271. The van der Waals surface area contributed by atoms with E-state index in [4.69, 9.17) is 0 Å². The first-order valence-electron chi connectivity index (χ1n) is 8.70. The van der Waals surface area contributed by atoms with Crippen molar-refractivity contribution in [3.05, 3.63) is 30.1 Å². The average molecular weight is 360 g/mol. The van der Waals surface area contributed by atoms with Crippen molar-refractivity contribution in [1.82, 2.24) is 20.9 Å². The molecule has 140 valence electrons. The van der Waals surface area contributed by atoms with Gasteiger partial charge in [0.1, 0.15) is 6.04 Å². The Labute approximate surface area is 152 Å². The Morgan fingerprint density at radius 1 is 1.31 bits per heavy atom. The molecular formula is C18H24N4O4. The third kappa shape index (κ3) is 5.37. The monoisotopic (exact) mass is 360 g/mol. The molecule has 1 aromatic heterocycles. The molecule has 0 bridgehead atoms. The number of rotatable bonds is 7. The van der Waals surface area contributed by atoms with Crippen LogP contribution in [0.3, 0.4) is 0 Å². The Balaban J connectivity index is 1.90. The summed E-state index contributed by atoms with van der Waals surface area (Å²) in [6, 6.07) is 3.86. The molecule has 8 nitrogen and oxygen atoms in total. The van der Waals surface area contributed by atoms with Crippen molar-refractivity contribution < 1.29 is 19.2 Å². The lowest BCUT2D eigenvalue weighted by Crippen LogP contribution is -2.58. The molecule has 3 N–H and O–H groups in total. The Hall–Kier alpha value is -2.77. The van der Waals surface area contributed by atoms with Crippen LogP contribution >= 0.6 is 0 Å². The van der Waals surface area contributed by atoms with E-state index in [0.29, 0.717) is 19.4 Å². The number of amides is 3. The molecule has 0 aromatic carbocycles. The van der Waals surface area contributed by atoms with Crippen LogP contribution in [0.25, 0.3) is 0 Å². The van der Waals surface area contributed by atoms with Gasteiger partial charge in [-0.15, -0.1) is 0 Å². The molecule has 2 heterocycles. The van der Waals surface area contributed by atoms with Gasteiger partial charge in [0, 0.05) is 24.9 Å². The largest absolute Gasteiger partial charge is 0.349 e. The number of piperidine rings is 1. The molecule has 0 radical (unpaired) electrons. The standard InChI is InChI=1S/C18H24N4O4/c1-11(2)15(17(25)21-13-8-10-20-18(26)16(13)24)22-14(23)7-6-12-5-3-4-9-19-12/h3-5,9,11,13,15H,6-8,10H2,1-2H3,(H,20,26)(H,21,25)(H,22,23). The van der Waals surface area contributed by atoms with Gasteiger partial charge in [-0.2, -0.15) is 0 Å². The number of hydrogen-bond acceptors (Lipinski definition) is 5. The Morgan fingerprint density at radius 2 is 2.08 bits per heavy atom. The fraction of sp³-hybridized carbons (Fsp3) is 0.500. The highest BCUT2D eigenvalue weighted by Gasteiger charge is 2.33. The summed E-state index contributed by atoms with van der Waals surface area (Å²) in [5, 5.41) is 7.73. The van der Waals surface area contributed by atoms with E-state index in [2.05, 4.69) is 20.9 Å². The van der Waals surface area contributed by atoms with Gasteiger partial charge in [0.2, 0.25) is 17.6 Å². The number of carbonyl (C=O) groups is 4. The van der Waals surface area contributed by atoms with E-state index in [1.165, 1.54) is 0 Å². The number of nitrogens with zero attached hydrogens (tertiary/aromatic N) is 1. The molecule has 2 atom stereocenters. The summed E-state index contributed by atoms with van der Waals surface area (Å²) in [5.41, 5.74) is 0.798. The van der Waals surface area contributed by atoms with E-state index in [1.807, 2.05) is 12.1 Å². The maximum atomic E-state index is 12.5. The van der Waals surface area contributed by atoms with Gasteiger partial charge in [0.25, 0.3) is 5.91 Å². The van der Waals surface area contributed by atoms with E-state index >= 15 is 0 Å². The molecule has 2 rings (SSSR count). The van der Waals surface area contributed by atoms with Crippen molar-refractivity contribution in [1.29, 1.82) is 0 Å². The van der Waals surface area contributed by atoms with E-state index in [0.717, 1.165) is 5.69 Å². The zero-order valence-corrected chi connectivity index (χ0v) is 15.0. The van der Waals surface area contributed by atoms with Crippen LogP contribution in [0, 0.1) is 5.92 Å². The highest BCUT2D eigenvalue weighted by molar-refractivity contribution is 6.39. The van der Waals surface area contributed by atoms with E-state index < -0.39 is 29.7 Å². The van der Waals surface area contributed by atoms with Crippen molar-refractivity contribution in [3.8, 4) is 0 Å². The highest BCUT2D eigenvalue weighted by atomic mass is 16.2. The van der Waals surface area contributed by atoms with Crippen LogP contribution < -0.4 is 16.0 Å². The summed E-state index contributed by atoms with van der Waals surface area (Å²) in [5.74, 6) is -2.24. The third-order valence-corrected chi connectivity index (χ3v) is 4.18. The number of pyridine rings is 1. The molecule has 1 aliphatic heterocycles. The SMILES string of the molecule is CC(C)C(NC(=O)CCc1ccccn1)C(=O)NC1CCNC(=O)C1=O. The first-order valence-corrected chi connectivity index (χ1v) is 8.70. The molecule has 0 spiro atoms. The molecule has 1 aliphatic rings. The first-order chi connectivity index (χ1) is 12.4. The Kier molecular flexibility index (Phi) is 6.82. The van der Waals surface area contributed by atoms with Gasteiger partial charge in [0.15, 0.2) is 0 Å². The van der Waals surface area contributed by atoms with E-state index in [9.17, 15) is 19.2 Å². The van der Waals surface area contributed by atoms with Gasteiger partial charge in [-0.25, -0.2) is 0 Å². The van der Waals surface area contributed by atoms with Crippen molar-refractivity contribution in [2.45, 2.75) is 45.2 Å². The summed E-state index contributed by atoms with van der Waals surface area (Å²) >= 11 is 0. The minimum atomic E-state index is -0.845. The van der Waals surface area contributed by atoms with Crippen LogP contribution in [0.2, 0.25) is 0 Å². The first kappa shape index (κ1) is 19.6. The van der Waals surface area contributed by atoms with Crippen molar-refractivity contribution in [3.63, 3.8) is 0 Å². The smallest absolute Gasteiger partial charge is 0.289 e. The number of carbonyl (C=O) groups excluding carboxylic acids is 4. The summed E-state index contributed by atoms with van der Waals surface area (Å²) in [6.45, 7) is 3.94. The summed E-state index contributed by atoms with van der Waals surface area (Å²) in [6.07, 6.45) is 2.68. The fourth-order valence-electron chi connectivity index (χ4n) is 2.67. The zero-order chi connectivity index (χ0) is 19.1. The molecule has 2 unspecified atom stereocenters. The number of Topliss-reactive ketones (excluding diaryl/α,β-unsaturated/α-hetero) is 1. The molecule has 1 fully saturated rings. The molecule has 1 aromatic rings. The Morgan fingerprint density at radius 3 is 2.73 bits per heavy atom. The molecule has 8 heteroatoms. The van der Waals surface area contributed by atoms with Crippen LogP contribution in [0.5, 0.6) is 0 Å². The van der Waals surface area contributed by atoms with Crippen molar-refractivity contribution in [2.24, 2.45) is 5.92 Å². The lowest BCUT2D eigenvalue weighted by Gasteiger charge is -2.26. The number of aryl methyl sites for hydroxylation is 1. The van der Waals surface area contributed by atoms with Gasteiger partial charge in [-0.1, -0.05) is 19.9 Å². The lowest BCUT2D eigenvalue weighted by molar-refractivity contribution is -0.142. The van der Waals surface area contributed by atoms with E-state index in [1.54, 1.807) is 26.1 Å². The minimum Gasteiger partial charge on any atom is -0.349 e. The summed E-state index contributed by atoms with van der Waals surface area (Å²) in [7, 11) is 0. The van der Waals surface area contributed by atoms with Gasteiger partial charge in [-0.05, 0) is 30.9 Å². The number of ketones is 1. The zero-order valence-electron chi connectivity index (χ0n) is 15.0. The second kappa shape index (κ2) is 9.07. The van der Waals surface area contributed by atoms with Crippen molar-refractivity contribution in [2.75, 3.05) is 6.54 Å². The third-order valence-electron chi connectivity index (χ3n) is 4.18. The van der Waals surface area contributed by atoms with Gasteiger partial charge in [-0.3, -0.25) is 24.2 Å². The van der Waals surface area contributed by atoms with Gasteiger partial charge >= 0.3 is 0 Å². The van der Waals surface area contributed by atoms with Crippen LogP contribution in [0.1, 0.15) is 32.4 Å². The average Bonchev–Trinajstić information content (AvgIpc) is 2.62. The molecule has 26 heavy (non-hydrogen) atoms. The quantitative estimate of drug-likeness (QED) is 0.579. The number of aromatic nitrogens is 1. The van der Waals surface area contributed by atoms with Crippen LogP contribution in [-0.4, -0.2) is 47.1 Å². The molecule has 1 saturated heterocycles. The summed E-state index contributed by atoms with van der Waals surface area (Å²) < 4.78 is 0. The van der Waals surface area contributed by atoms with Crippen LogP contribution in [-0.2, 0) is 25.6 Å². The number of hydrogen-bond donors (Lipinski definition) is 3. The van der Waals surface area contributed by atoms with Crippen molar-refractivity contribution >= 4 is 23.5 Å². The van der Waals surface area contributed by atoms with Crippen LogP contribution in [0.4, 0.5) is 0 Å². The lowest BCUT2D eigenvalue weighted by atomic mass is 10.00. The summed E-state index contributed by atoms with van der Waals surface area (Å²) in [4.78, 5) is 52.1. The van der Waals surface area contributed by atoms with Crippen LogP contribution in [0.15, 0.2) is 24.4 Å². The maximum Gasteiger partial charge on any atom is 0.289 e. The Bertz CT molecular complexity index is 675. The second-order valence-corrected chi connectivity index (χ2v) is 6.58.